The van der Waals surface area contributed by atoms with Crippen molar-refractivity contribution in [1.29, 1.82) is 5.26 Å². The van der Waals surface area contributed by atoms with Crippen LogP contribution in [-0.2, 0) is 0 Å². The van der Waals surface area contributed by atoms with Crippen molar-refractivity contribution in [2.24, 2.45) is 5.92 Å². The molecule has 102 valence electrons. The van der Waals surface area contributed by atoms with Gasteiger partial charge in [0.15, 0.2) is 0 Å². The molecule has 1 saturated carbocycles. The summed E-state index contributed by atoms with van der Waals surface area (Å²) in [5.74, 6) is 1.58. The number of rotatable bonds is 3. The van der Waals surface area contributed by atoms with Gasteiger partial charge in [-0.1, -0.05) is 25.8 Å². The highest BCUT2D eigenvalue weighted by Crippen LogP contribution is 2.31. The first-order valence-corrected chi connectivity index (χ1v) is 7.08. The van der Waals surface area contributed by atoms with E-state index in [9.17, 15) is 5.26 Å². The quantitative estimate of drug-likeness (QED) is 0.835. The Morgan fingerprint density at radius 3 is 2.84 bits per heavy atom. The molecule has 1 aromatic carbocycles. The summed E-state index contributed by atoms with van der Waals surface area (Å²) in [6.07, 6.45) is 6.18. The Morgan fingerprint density at radius 1 is 1.26 bits per heavy atom. The third kappa shape index (κ3) is 3.41. The van der Waals surface area contributed by atoms with Gasteiger partial charge in [0.05, 0.1) is 18.4 Å². The number of hydrogen-bond acceptors (Lipinski definition) is 3. The maximum atomic E-state index is 9.22. The average Bonchev–Trinajstić information content (AvgIpc) is 2.64. The lowest BCUT2D eigenvalue weighted by Gasteiger charge is -2.20. The topological polar surface area (TPSA) is 45.0 Å². The number of ether oxygens (including phenoxy) is 1. The van der Waals surface area contributed by atoms with Crippen LogP contribution in [0.25, 0.3) is 0 Å². The van der Waals surface area contributed by atoms with Crippen molar-refractivity contribution in [3.8, 4) is 11.8 Å². The van der Waals surface area contributed by atoms with Gasteiger partial charge in [0.2, 0.25) is 0 Å². The Hall–Kier alpha value is -1.69. The molecule has 0 spiro atoms. The van der Waals surface area contributed by atoms with Gasteiger partial charge in [0.25, 0.3) is 0 Å². The molecule has 1 aliphatic rings. The van der Waals surface area contributed by atoms with Gasteiger partial charge in [-0.05, 0) is 37.3 Å². The number of nitrogens with one attached hydrogen (secondary N) is 1. The summed E-state index contributed by atoms with van der Waals surface area (Å²) in [7, 11) is 1.65. The molecule has 19 heavy (non-hydrogen) atoms. The van der Waals surface area contributed by atoms with Gasteiger partial charge < -0.3 is 10.1 Å². The molecular formula is C16H22N2O. The minimum atomic E-state index is 0.452. The van der Waals surface area contributed by atoms with Crippen LogP contribution in [0.1, 0.15) is 44.6 Å². The highest BCUT2D eigenvalue weighted by Gasteiger charge is 2.18. The number of methoxy groups -OCH3 is 1. The molecule has 0 aliphatic heterocycles. The normalized spacial score (nSPS) is 23.2. The molecule has 2 rings (SSSR count). The molecule has 0 radical (unpaired) electrons. The van der Waals surface area contributed by atoms with Crippen molar-refractivity contribution < 1.29 is 4.74 Å². The van der Waals surface area contributed by atoms with Crippen LogP contribution in [0.4, 0.5) is 5.69 Å². The van der Waals surface area contributed by atoms with Crippen molar-refractivity contribution in [3.05, 3.63) is 23.8 Å². The number of para-hydroxylation sites is 1. The van der Waals surface area contributed by atoms with Crippen LogP contribution in [0.15, 0.2) is 18.2 Å². The third-order valence-corrected chi connectivity index (χ3v) is 3.97. The first-order chi connectivity index (χ1) is 9.24. The average molecular weight is 258 g/mol. The molecule has 0 amide bonds. The minimum absolute atomic E-state index is 0.452. The second kappa shape index (κ2) is 6.47. The summed E-state index contributed by atoms with van der Waals surface area (Å²) in [5, 5.41) is 12.8. The van der Waals surface area contributed by atoms with Gasteiger partial charge >= 0.3 is 0 Å². The fraction of sp³-hybridized carbons (Fsp3) is 0.562. The van der Waals surface area contributed by atoms with Gasteiger partial charge in [-0.2, -0.15) is 5.26 Å². The predicted molar refractivity (Wildman–Crippen MR) is 77.4 cm³/mol. The fourth-order valence-electron chi connectivity index (χ4n) is 2.78. The van der Waals surface area contributed by atoms with Crippen molar-refractivity contribution in [2.75, 3.05) is 12.4 Å². The van der Waals surface area contributed by atoms with E-state index in [0.717, 1.165) is 17.4 Å². The zero-order chi connectivity index (χ0) is 13.7. The van der Waals surface area contributed by atoms with Crippen LogP contribution in [0.3, 0.4) is 0 Å². The number of nitriles is 1. The number of anilines is 1. The van der Waals surface area contributed by atoms with Gasteiger partial charge in [-0.3, -0.25) is 0 Å². The summed E-state index contributed by atoms with van der Waals surface area (Å²) in [6, 6.07) is 8.30. The Morgan fingerprint density at radius 2 is 2.11 bits per heavy atom. The molecule has 0 heterocycles. The monoisotopic (exact) mass is 258 g/mol. The molecule has 0 aromatic heterocycles. The van der Waals surface area contributed by atoms with Crippen LogP contribution in [0.5, 0.6) is 5.75 Å². The van der Waals surface area contributed by atoms with Crippen LogP contribution in [0.2, 0.25) is 0 Å². The Balaban J connectivity index is 2.16. The highest BCUT2D eigenvalue weighted by molar-refractivity contribution is 5.66. The van der Waals surface area contributed by atoms with E-state index >= 15 is 0 Å². The largest absolute Gasteiger partial charge is 0.495 e. The molecule has 0 bridgehead atoms. The lowest BCUT2D eigenvalue weighted by molar-refractivity contribution is 0.415. The highest BCUT2D eigenvalue weighted by atomic mass is 16.5. The Labute approximate surface area is 115 Å². The summed E-state index contributed by atoms with van der Waals surface area (Å²) in [4.78, 5) is 0. The van der Waals surface area contributed by atoms with E-state index < -0.39 is 0 Å². The molecule has 0 saturated heterocycles. The van der Waals surface area contributed by atoms with Gasteiger partial charge in [-0.15, -0.1) is 0 Å². The van der Waals surface area contributed by atoms with Crippen molar-refractivity contribution in [2.45, 2.75) is 45.1 Å². The SMILES string of the molecule is COc1cccc(C#N)c1NC1CCCC(C)CC1. The summed E-state index contributed by atoms with van der Waals surface area (Å²) < 4.78 is 5.37. The molecule has 3 heteroatoms. The number of hydrogen-bond donors (Lipinski definition) is 1. The molecule has 1 fully saturated rings. The Bertz CT molecular complexity index is 464. The van der Waals surface area contributed by atoms with Gasteiger partial charge in [0, 0.05) is 6.04 Å². The van der Waals surface area contributed by atoms with E-state index in [-0.39, 0.29) is 0 Å². The molecule has 2 unspecified atom stereocenters. The first-order valence-electron chi connectivity index (χ1n) is 7.08. The zero-order valence-corrected chi connectivity index (χ0v) is 11.8. The first kappa shape index (κ1) is 13.7. The summed E-state index contributed by atoms with van der Waals surface area (Å²) >= 11 is 0. The molecule has 1 N–H and O–H groups in total. The van der Waals surface area contributed by atoms with E-state index in [4.69, 9.17) is 4.74 Å². The molecule has 2 atom stereocenters. The van der Waals surface area contributed by atoms with Gasteiger partial charge in [0.1, 0.15) is 11.8 Å². The van der Waals surface area contributed by atoms with Crippen molar-refractivity contribution >= 4 is 5.69 Å². The molecular weight excluding hydrogens is 236 g/mol. The molecule has 3 nitrogen and oxygen atoms in total. The van der Waals surface area contributed by atoms with Crippen LogP contribution in [0, 0.1) is 17.2 Å². The van der Waals surface area contributed by atoms with Crippen LogP contribution >= 0.6 is 0 Å². The third-order valence-electron chi connectivity index (χ3n) is 3.97. The lowest BCUT2D eigenvalue weighted by Crippen LogP contribution is -2.19. The van der Waals surface area contributed by atoms with Gasteiger partial charge in [-0.25, -0.2) is 0 Å². The summed E-state index contributed by atoms with van der Waals surface area (Å²) in [6.45, 7) is 2.33. The second-order valence-electron chi connectivity index (χ2n) is 5.45. The second-order valence-corrected chi connectivity index (χ2v) is 5.45. The molecule has 1 aliphatic carbocycles. The van der Waals surface area contributed by atoms with E-state index in [2.05, 4.69) is 18.3 Å². The standard InChI is InChI=1S/C16H22N2O/c1-12-5-3-7-14(10-9-12)18-16-13(11-17)6-4-8-15(16)19-2/h4,6,8,12,14,18H,3,5,7,9-10H2,1-2H3. The van der Waals surface area contributed by atoms with E-state index in [1.54, 1.807) is 7.11 Å². The minimum Gasteiger partial charge on any atom is -0.495 e. The lowest BCUT2D eigenvalue weighted by atomic mass is 10.0. The predicted octanol–water partition coefficient (Wildman–Crippen LogP) is 3.95. The van der Waals surface area contributed by atoms with Crippen molar-refractivity contribution in [1.82, 2.24) is 0 Å². The van der Waals surface area contributed by atoms with Crippen LogP contribution < -0.4 is 10.1 Å². The maximum Gasteiger partial charge on any atom is 0.143 e. The number of benzene rings is 1. The zero-order valence-electron chi connectivity index (χ0n) is 11.8. The molecule has 1 aromatic rings. The van der Waals surface area contributed by atoms with E-state index in [0.29, 0.717) is 11.6 Å². The van der Waals surface area contributed by atoms with E-state index in [1.807, 2.05) is 18.2 Å². The van der Waals surface area contributed by atoms with E-state index in [1.165, 1.54) is 32.1 Å². The van der Waals surface area contributed by atoms with Crippen LogP contribution in [-0.4, -0.2) is 13.2 Å². The van der Waals surface area contributed by atoms with Crippen molar-refractivity contribution in [3.63, 3.8) is 0 Å². The summed E-state index contributed by atoms with van der Waals surface area (Å²) in [5.41, 5.74) is 1.52. The smallest absolute Gasteiger partial charge is 0.143 e. The number of nitrogens with zero attached hydrogens (tertiary/aromatic N) is 1. The Kier molecular flexibility index (Phi) is 4.68. The fourth-order valence-corrected chi connectivity index (χ4v) is 2.78. The maximum absolute atomic E-state index is 9.22.